The van der Waals surface area contributed by atoms with Crippen LogP contribution in [0.3, 0.4) is 0 Å². The lowest BCUT2D eigenvalue weighted by molar-refractivity contribution is 0.964. The first kappa shape index (κ1) is 14.1. The van der Waals surface area contributed by atoms with Gasteiger partial charge in [0, 0.05) is 9.79 Å². The molecule has 0 aliphatic heterocycles. The Balaban J connectivity index is 0.00000144. The summed E-state index contributed by atoms with van der Waals surface area (Å²) in [5.41, 5.74) is 6.87. The number of hydrogen-bond acceptors (Lipinski definition) is 2. The molecule has 0 aliphatic carbocycles. The molecule has 0 saturated carbocycles. The fourth-order valence-corrected chi connectivity index (χ4v) is 2.48. The van der Waals surface area contributed by atoms with Crippen LogP contribution in [0.25, 0.3) is 0 Å². The molecule has 2 rings (SSSR count). The van der Waals surface area contributed by atoms with E-state index in [2.05, 4.69) is 48.5 Å². The number of nitrogens with two attached hydrogens (primary N) is 1. The normalized spacial score (nSPS) is 9.71. The summed E-state index contributed by atoms with van der Waals surface area (Å²) >= 11 is 1.79. The first-order chi connectivity index (χ1) is 7.88. The van der Waals surface area contributed by atoms with Gasteiger partial charge in [-0.25, -0.2) is 0 Å². The third kappa shape index (κ3) is 4.43. The minimum Gasteiger partial charge on any atom is -0.330 e. The molecule has 90 valence electrons. The standard InChI is InChI=1S/C14H15NS.ClH/c15-10-9-12-5-4-8-14(11-12)16-13-6-2-1-3-7-13;/h1-8,11H,9-10,15H2;1H. The van der Waals surface area contributed by atoms with Gasteiger partial charge in [0.15, 0.2) is 0 Å². The molecular formula is C14H16ClNS. The highest BCUT2D eigenvalue weighted by atomic mass is 35.5. The quantitative estimate of drug-likeness (QED) is 0.911. The molecule has 2 aromatic rings. The minimum absolute atomic E-state index is 0. The van der Waals surface area contributed by atoms with Gasteiger partial charge in [-0.15, -0.1) is 12.4 Å². The van der Waals surface area contributed by atoms with Crippen molar-refractivity contribution in [2.75, 3.05) is 6.54 Å². The Hall–Kier alpha value is -0.960. The van der Waals surface area contributed by atoms with Crippen molar-refractivity contribution in [1.82, 2.24) is 0 Å². The van der Waals surface area contributed by atoms with Crippen LogP contribution in [-0.2, 0) is 6.42 Å². The highest BCUT2D eigenvalue weighted by Gasteiger charge is 1.98. The molecule has 17 heavy (non-hydrogen) atoms. The Morgan fingerprint density at radius 2 is 1.59 bits per heavy atom. The SMILES string of the molecule is Cl.NCCc1cccc(Sc2ccccc2)c1. The van der Waals surface area contributed by atoms with Crippen molar-refractivity contribution in [2.24, 2.45) is 5.73 Å². The zero-order valence-electron chi connectivity index (χ0n) is 9.50. The van der Waals surface area contributed by atoms with E-state index in [-0.39, 0.29) is 12.4 Å². The maximum atomic E-state index is 5.56. The minimum atomic E-state index is 0. The molecule has 0 bridgehead atoms. The molecule has 0 aliphatic rings. The van der Waals surface area contributed by atoms with Crippen molar-refractivity contribution in [3.63, 3.8) is 0 Å². The second-order valence-electron chi connectivity index (χ2n) is 3.60. The van der Waals surface area contributed by atoms with Gasteiger partial charge in [-0.3, -0.25) is 0 Å². The lowest BCUT2D eigenvalue weighted by Gasteiger charge is -2.04. The zero-order chi connectivity index (χ0) is 11.2. The third-order valence-electron chi connectivity index (χ3n) is 2.31. The van der Waals surface area contributed by atoms with Crippen molar-refractivity contribution >= 4 is 24.2 Å². The van der Waals surface area contributed by atoms with Gasteiger partial charge in [0.2, 0.25) is 0 Å². The summed E-state index contributed by atoms with van der Waals surface area (Å²) in [7, 11) is 0. The second-order valence-corrected chi connectivity index (χ2v) is 4.75. The summed E-state index contributed by atoms with van der Waals surface area (Å²) in [5.74, 6) is 0. The summed E-state index contributed by atoms with van der Waals surface area (Å²) < 4.78 is 0. The van der Waals surface area contributed by atoms with E-state index in [0.717, 1.165) is 6.42 Å². The van der Waals surface area contributed by atoms with E-state index in [0.29, 0.717) is 6.54 Å². The molecule has 2 N–H and O–H groups in total. The monoisotopic (exact) mass is 265 g/mol. The van der Waals surface area contributed by atoms with Crippen LogP contribution in [0.5, 0.6) is 0 Å². The summed E-state index contributed by atoms with van der Waals surface area (Å²) in [6, 6.07) is 19.0. The van der Waals surface area contributed by atoms with Crippen LogP contribution in [0.15, 0.2) is 64.4 Å². The van der Waals surface area contributed by atoms with Gasteiger partial charge in [0.1, 0.15) is 0 Å². The number of hydrogen-bond donors (Lipinski definition) is 1. The van der Waals surface area contributed by atoms with Gasteiger partial charge in [0.25, 0.3) is 0 Å². The van der Waals surface area contributed by atoms with E-state index < -0.39 is 0 Å². The van der Waals surface area contributed by atoms with Crippen LogP contribution in [0, 0.1) is 0 Å². The summed E-state index contributed by atoms with van der Waals surface area (Å²) in [6.45, 7) is 0.708. The summed E-state index contributed by atoms with van der Waals surface area (Å²) in [6.07, 6.45) is 0.948. The highest BCUT2D eigenvalue weighted by molar-refractivity contribution is 7.99. The van der Waals surface area contributed by atoms with Crippen LogP contribution >= 0.6 is 24.2 Å². The fourth-order valence-electron chi connectivity index (χ4n) is 1.56. The number of halogens is 1. The van der Waals surface area contributed by atoms with Crippen molar-refractivity contribution in [3.05, 3.63) is 60.2 Å². The van der Waals surface area contributed by atoms with E-state index in [4.69, 9.17) is 5.73 Å². The van der Waals surface area contributed by atoms with Gasteiger partial charge in [-0.05, 0) is 42.8 Å². The van der Waals surface area contributed by atoms with Crippen molar-refractivity contribution < 1.29 is 0 Å². The molecular weight excluding hydrogens is 250 g/mol. The van der Waals surface area contributed by atoms with E-state index in [9.17, 15) is 0 Å². The predicted octanol–water partition coefficient (Wildman–Crippen LogP) is 3.76. The Morgan fingerprint density at radius 3 is 2.29 bits per heavy atom. The lowest BCUT2D eigenvalue weighted by atomic mass is 10.2. The number of rotatable bonds is 4. The molecule has 0 fully saturated rings. The molecule has 0 atom stereocenters. The highest BCUT2D eigenvalue weighted by Crippen LogP contribution is 2.27. The van der Waals surface area contributed by atoms with E-state index in [1.54, 1.807) is 11.8 Å². The molecule has 0 radical (unpaired) electrons. The number of benzene rings is 2. The Bertz CT molecular complexity index is 445. The average molecular weight is 266 g/mol. The summed E-state index contributed by atoms with van der Waals surface area (Å²) in [4.78, 5) is 2.55. The average Bonchev–Trinajstić information content (AvgIpc) is 2.31. The zero-order valence-corrected chi connectivity index (χ0v) is 11.1. The van der Waals surface area contributed by atoms with Crippen molar-refractivity contribution in [3.8, 4) is 0 Å². The van der Waals surface area contributed by atoms with Crippen molar-refractivity contribution in [1.29, 1.82) is 0 Å². The fraction of sp³-hybridized carbons (Fsp3) is 0.143. The van der Waals surface area contributed by atoms with Gasteiger partial charge in [-0.2, -0.15) is 0 Å². The van der Waals surface area contributed by atoms with E-state index >= 15 is 0 Å². The molecule has 1 nitrogen and oxygen atoms in total. The van der Waals surface area contributed by atoms with Crippen LogP contribution in [0.1, 0.15) is 5.56 Å². The topological polar surface area (TPSA) is 26.0 Å². The maximum Gasteiger partial charge on any atom is 0.0125 e. The van der Waals surface area contributed by atoms with Gasteiger partial charge >= 0.3 is 0 Å². The molecule has 0 aromatic heterocycles. The van der Waals surface area contributed by atoms with Crippen LogP contribution in [-0.4, -0.2) is 6.54 Å². The van der Waals surface area contributed by atoms with Gasteiger partial charge in [0.05, 0.1) is 0 Å². The molecule has 0 spiro atoms. The smallest absolute Gasteiger partial charge is 0.0125 e. The maximum absolute atomic E-state index is 5.56. The van der Waals surface area contributed by atoms with Crippen LogP contribution in [0.4, 0.5) is 0 Å². The van der Waals surface area contributed by atoms with E-state index in [1.165, 1.54) is 15.4 Å². The van der Waals surface area contributed by atoms with Crippen molar-refractivity contribution in [2.45, 2.75) is 16.2 Å². The molecule has 2 aromatic carbocycles. The third-order valence-corrected chi connectivity index (χ3v) is 3.31. The Kier molecular flexibility index (Phi) is 6.12. The first-order valence-corrected chi connectivity index (χ1v) is 6.22. The second kappa shape index (κ2) is 7.38. The molecule has 0 unspecified atom stereocenters. The lowest BCUT2D eigenvalue weighted by Crippen LogP contribution is -2.02. The van der Waals surface area contributed by atoms with Gasteiger partial charge in [-0.1, -0.05) is 42.1 Å². The van der Waals surface area contributed by atoms with Crippen LogP contribution in [0.2, 0.25) is 0 Å². The molecule has 3 heteroatoms. The molecule has 0 saturated heterocycles. The molecule has 0 heterocycles. The molecule has 0 amide bonds. The largest absolute Gasteiger partial charge is 0.330 e. The van der Waals surface area contributed by atoms with E-state index in [1.807, 2.05) is 6.07 Å². The summed E-state index contributed by atoms with van der Waals surface area (Å²) in [5, 5.41) is 0. The first-order valence-electron chi connectivity index (χ1n) is 5.40. The predicted molar refractivity (Wildman–Crippen MR) is 77.0 cm³/mol. The van der Waals surface area contributed by atoms with Gasteiger partial charge < -0.3 is 5.73 Å². The Labute approximate surface area is 113 Å². The Morgan fingerprint density at radius 1 is 0.882 bits per heavy atom. The van der Waals surface area contributed by atoms with Crippen LogP contribution < -0.4 is 5.73 Å².